The van der Waals surface area contributed by atoms with Crippen molar-refractivity contribution in [1.82, 2.24) is 0 Å². The Morgan fingerprint density at radius 3 is 1.60 bits per heavy atom. The topological polar surface area (TPSA) is 59.7 Å². The second-order valence-electron chi connectivity index (χ2n) is 8.64. The monoisotopic (exact) mass is 422 g/mol. The summed E-state index contributed by atoms with van der Waals surface area (Å²) >= 11 is 0. The molecular weight excluding hydrogens is 376 g/mol. The third-order valence-corrected chi connectivity index (χ3v) is 5.85. The van der Waals surface area contributed by atoms with E-state index in [1.54, 1.807) is 6.92 Å². The Kier molecular flexibility index (Phi) is 15.3. The fourth-order valence-electron chi connectivity index (χ4n) is 3.91. The van der Waals surface area contributed by atoms with E-state index in [1.807, 2.05) is 6.92 Å². The molecule has 0 amide bonds. The molecular formula is C26H46O4. The minimum Gasteiger partial charge on any atom is -0.502 e. The molecule has 4 heteroatoms. The van der Waals surface area contributed by atoms with Crippen LogP contribution in [0.15, 0.2) is 4.42 Å². The highest BCUT2D eigenvalue weighted by molar-refractivity contribution is 5.73. The van der Waals surface area contributed by atoms with Crippen LogP contribution >= 0.6 is 0 Å². The van der Waals surface area contributed by atoms with Crippen molar-refractivity contribution in [2.24, 2.45) is 0 Å². The minimum absolute atomic E-state index is 0.0321. The summed E-state index contributed by atoms with van der Waals surface area (Å²) in [7, 11) is 0. The molecule has 0 aliphatic carbocycles. The van der Waals surface area contributed by atoms with Crippen molar-refractivity contribution in [3.05, 3.63) is 11.5 Å². The fourth-order valence-corrected chi connectivity index (χ4v) is 3.91. The summed E-state index contributed by atoms with van der Waals surface area (Å²) in [6.07, 6.45) is 22.0. The standard InChI is InChI=1S/C26H46O4/c1-4-6-7-8-9-10-11-12-13-14-15-16-17-18-19-20-21-24(27)30-26-22(3)29-23(5-2)25(26)28/h28H,4-21H2,1-3H3. The van der Waals surface area contributed by atoms with E-state index in [4.69, 9.17) is 9.15 Å². The van der Waals surface area contributed by atoms with Crippen molar-refractivity contribution in [3.63, 3.8) is 0 Å². The number of furan rings is 1. The molecule has 0 saturated heterocycles. The van der Waals surface area contributed by atoms with Crippen LogP contribution in [-0.2, 0) is 11.2 Å². The highest BCUT2D eigenvalue weighted by atomic mass is 16.6. The first-order valence-electron chi connectivity index (χ1n) is 12.6. The van der Waals surface area contributed by atoms with Crippen molar-refractivity contribution in [1.29, 1.82) is 0 Å². The van der Waals surface area contributed by atoms with Gasteiger partial charge in [-0.05, 0) is 13.3 Å². The third-order valence-electron chi connectivity index (χ3n) is 5.85. The van der Waals surface area contributed by atoms with Gasteiger partial charge in [0.05, 0.1) is 0 Å². The lowest BCUT2D eigenvalue weighted by Gasteiger charge is -2.05. The van der Waals surface area contributed by atoms with Crippen LogP contribution in [-0.4, -0.2) is 11.1 Å². The van der Waals surface area contributed by atoms with Crippen LogP contribution in [0, 0.1) is 6.92 Å². The Bertz CT molecular complexity index is 562. The molecule has 30 heavy (non-hydrogen) atoms. The molecule has 4 nitrogen and oxygen atoms in total. The highest BCUT2D eigenvalue weighted by Gasteiger charge is 2.19. The number of rotatable bonds is 19. The summed E-state index contributed by atoms with van der Waals surface area (Å²) in [6.45, 7) is 5.87. The molecule has 0 radical (unpaired) electrons. The molecule has 0 saturated carbocycles. The van der Waals surface area contributed by atoms with Crippen molar-refractivity contribution >= 4 is 5.97 Å². The van der Waals surface area contributed by atoms with E-state index in [1.165, 1.54) is 89.9 Å². The van der Waals surface area contributed by atoms with Crippen LogP contribution in [0.3, 0.4) is 0 Å². The second-order valence-corrected chi connectivity index (χ2v) is 8.64. The number of unbranched alkanes of at least 4 members (excludes halogenated alkanes) is 15. The Labute approximate surface area is 184 Å². The van der Waals surface area contributed by atoms with Gasteiger partial charge in [0.1, 0.15) is 11.5 Å². The lowest BCUT2D eigenvalue weighted by atomic mass is 10.0. The Morgan fingerprint density at radius 1 is 0.767 bits per heavy atom. The Hall–Kier alpha value is -1.45. The fraction of sp³-hybridized carbons (Fsp3) is 0.808. The van der Waals surface area contributed by atoms with Crippen LogP contribution in [0.25, 0.3) is 0 Å². The van der Waals surface area contributed by atoms with Crippen LogP contribution in [0.2, 0.25) is 0 Å². The molecule has 0 spiro atoms. The molecule has 1 heterocycles. The first-order valence-corrected chi connectivity index (χ1v) is 12.6. The summed E-state index contributed by atoms with van der Waals surface area (Å²) < 4.78 is 10.7. The van der Waals surface area contributed by atoms with E-state index in [2.05, 4.69) is 6.92 Å². The number of ether oxygens (including phenoxy) is 1. The van der Waals surface area contributed by atoms with Gasteiger partial charge in [0.25, 0.3) is 0 Å². The van der Waals surface area contributed by atoms with Gasteiger partial charge in [0.2, 0.25) is 11.5 Å². The molecule has 0 bridgehead atoms. The molecule has 174 valence electrons. The number of carbonyl (C=O) groups is 1. The van der Waals surface area contributed by atoms with E-state index in [0.29, 0.717) is 24.4 Å². The first kappa shape index (κ1) is 26.6. The number of hydrogen-bond donors (Lipinski definition) is 1. The van der Waals surface area contributed by atoms with E-state index in [0.717, 1.165) is 12.8 Å². The van der Waals surface area contributed by atoms with Gasteiger partial charge < -0.3 is 14.3 Å². The summed E-state index contributed by atoms with van der Waals surface area (Å²) in [5.74, 6) is 0.799. The van der Waals surface area contributed by atoms with Gasteiger partial charge in [-0.2, -0.15) is 0 Å². The van der Waals surface area contributed by atoms with Crippen LogP contribution in [0.4, 0.5) is 0 Å². The van der Waals surface area contributed by atoms with Gasteiger partial charge in [-0.3, -0.25) is 4.79 Å². The SMILES string of the molecule is CCCCCCCCCCCCCCCCCCC(=O)Oc1c(C)oc(CC)c1O. The predicted octanol–water partition coefficient (Wildman–Crippen LogP) is 8.41. The quantitative estimate of drug-likeness (QED) is 0.179. The molecule has 1 N–H and O–H groups in total. The maximum absolute atomic E-state index is 12.0. The molecule has 0 fully saturated rings. The number of aromatic hydroxyl groups is 1. The second kappa shape index (κ2) is 17.3. The van der Waals surface area contributed by atoms with Crippen molar-refractivity contribution in [3.8, 4) is 11.5 Å². The number of aryl methyl sites for hydroxylation is 2. The Balaban J connectivity index is 1.90. The molecule has 1 aromatic heterocycles. The normalized spacial score (nSPS) is 11.2. The summed E-state index contributed by atoms with van der Waals surface area (Å²) in [4.78, 5) is 12.0. The van der Waals surface area contributed by atoms with Crippen LogP contribution < -0.4 is 4.74 Å². The van der Waals surface area contributed by atoms with E-state index < -0.39 is 0 Å². The largest absolute Gasteiger partial charge is 0.502 e. The zero-order valence-corrected chi connectivity index (χ0v) is 19.9. The average molecular weight is 423 g/mol. The zero-order valence-electron chi connectivity index (χ0n) is 19.9. The van der Waals surface area contributed by atoms with E-state index in [-0.39, 0.29) is 17.5 Å². The average Bonchev–Trinajstić information content (AvgIpc) is 3.01. The number of esters is 1. The maximum Gasteiger partial charge on any atom is 0.311 e. The van der Waals surface area contributed by atoms with Crippen LogP contribution in [0.1, 0.15) is 135 Å². The molecule has 0 aromatic carbocycles. The van der Waals surface area contributed by atoms with E-state index >= 15 is 0 Å². The molecule has 0 atom stereocenters. The van der Waals surface area contributed by atoms with Gasteiger partial charge in [0, 0.05) is 12.8 Å². The van der Waals surface area contributed by atoms with Gasteiger partial charge in [-0.15, -0.1) is 0 Å². The van der Waals surface area contributed by atoms with Crippen molar-refractivity contribution in [2.75, 3.05) is 0 Å². The highest BCUT2D eigenvalue weighted by Crippen LogP contribution is 2.37. The van der Waals surface area contributed by atoms with Gasteiger partial charge >= 0.3 is 5.97 Å². The molecule has 0 unspecified atom stereocenters. The van der Waals surface area contributed by atoms with Gasteiger partial charge in [0.15, 0.2) is 0 Å². The smallest absolute Gasteiger partial charge is 0.311 e. The lowest BCUT2D eigenvalue weighted by molar-refractivity contribution is -0.134. The minimum atomic E-state index is -0.290. The summed E-state index contributed by atoms with van der Waals surface area (Å²) in [5, 5.41) is 10.00. The maximum atomic E-state index is 12.0. The Morgan fingerprint density at radius 2 is 1.20 bits per heavy atom. The zero-order chi connectivity index (χ0) is 22.0. The summed E-state index contributed by atoms with van der Waals surface area (Å²) in [6, 6.07) is 0. The predicted molar refractivity (Wildman–Crippen MR) is 124 cm³/mol. The van der Waals surface area contributed by atoms with Crippen molar-refractivity contribution in [2.45, 2.75) is 136 Å². The number of hydrogen-bond acceptors (Lipinski definition) is 4. The lowest BCUT2D eigenvalue weighted by Crippen LogP contribution is -2.07. The van der Waals surface area contributed by atoms with Crippen molar-refractivity contribution < 1.29 is 19.1 Å². The first-order chi connectivity index (χ1) is 14.6. The molecule has 0 aliphatic rings. The summed E-state index contributed by atoms with van der Waals surface area (Å²) in [5.41, 5.74) is 0. The number of carbonyl (C=O) groups excluding carboxylic acids is 1. The third kappa shape index (κ3) is 11.7. The molecule has 1 aromatic rings. The van der Waals surface area contributed by atoms with Gasteiger partial charge in [-0.1, -0.05) is 110 Å². The van der Waals surface area contributed by atoms with Gasteiger partial charge in [-0.25, -0.2) is 0 Å². The molecule has 0 aliphatic heterocycles. The molecule has 1 rings (SSSR count). The van der Waals surface area contributed by atoms with E-state index in [9.17, 15) is 9.90 Å². The van der Waals surface area contributed by atoms with Crippen LogP contribution in [0.5, 0.6) is 11.5 Å².